The predicted molar refractivity (Wildman–Crippen MR) is 84.8 cm³/mol. The highest BCUT2D eigenvalue weighted by atomic mass is 35.5. The van der Waals surface area contributed by atoms with Gasteiger partial charge >= 0.3 is 0 Å². The molecule has 1 aromatic heterocycles. The van der Waals surface area contributed by atoms with Gasteiger partial charge in [-0.2, -0.15) is 0 Å². The molecule has 0 saturated carbocycles. The van der Waals surface area contributed by atoms with Gasteiger partial charge in [-0.1, -0.05) is 17.7 Å². The molecular formula is C15H19Cl2N3. The van der Waals surface area contributed by atoms with Gasteiger partial charge in [-0.25, -0.2) is 4.98 Å². The first kappa shape index (κ1) is 14.2. The number of aromatic nitrogens is 2. The quantitative estimate of drug-likeness (QED) is 0.787. The van der Waals surface area contributed by atoms with Crippen LogP contribution in [0.1, 0.15) is 18.7 Å². The van der Waals surface area contributed by atoms with Crippen molar-refractivity contribution in [2.75, 3.05) is 25.5 Å². The Morgan fingerprint density at radius 1 is 1.15 bits per heavy atom. The topological polar surface area (TPSA) is 21.1 Å². The number of para-hydroxylation sites is 1. The van der Waals surface area contributed by atoms with E-state index in [1.165, 1.54) is 25.9 Å². The fourth-order valence-electron chi connectivity index (χ4n) is 2.93. The van der Waals surface area contributed by atoms with E-state index in [9.17, 15) is 0 Å². The maximum atomic E-state index is 6.25. The van der Waals surface area contributed by atoms with E-state index >= 15 is 0 Å². The van der Waals surface area contributed by atoms with Gasteiger partial charge in [0, 0.05) is 25.4 Å². The molecular weight excluding hydrogens is 293 g/mol. The number of aryl methyl sites for hydroxylation is 1. The molecule has 0 atom stereocenters. The van der Waals surface area contributed by atoms with E-state index in [-0.39, 0.29) is 0 Å². The Kier molecular flexibility index (Phi) is 4.49. The third-order valence-corrected chi connectivity index (χ3v) is 4.46. The fourth-order valence-corrected chi connectivity index (χ4v) is 3.31. The van der Waals surface area contributed by atoms with Crippen LogP contribution in [0.4, 0.5) is 0 Å². The molecule has 0 amide bonds. The molecule has 0 radical (unpaired) electrons. The Bertz CT molecular complexity index is 588. The Labute approximate surface area is 129 Å². The van der Waals surface area contributed by atoms with Crippen molar-refractivity contribution in [1.29, 1.82) is 0 Å². The zero-order valence-electron chi connectivity index (χ0n) is 11.5. The van der Waals surface area contributed by atoms with E-state index in [2.05, 4.69) is 20.5 Å². The molecule has 1 aliphatic heterocycles. The maximum Gasteiger partial charge on any atom is 0.111 e. The van der Waals surface area contributed by atoms with Crippen molar-refractivity contribution in [3.8, 4) is 0 Å². The van der Waals surface area contributed by atoms with Crippen molar-refractivity contribution in [2.45, 2.75) is 25.8 Å². The van der Waals surface area contributed by atoms with Gasteiger partial charge in [-0.15, -0.1) is 11.6 Å². The minimum Gasteiger partial charge on any atom is -0.327 e. The number of hydrogen-bond donors (Lipinski definition) is 0. The van der Waals surface area contributed by atoms with Crippen LogP contribution >= 0.6 is 23.2 Å². The molecule has 1 aromatic carbocycles. The second-order valence-electron chi connectivity index (χ2n) is 5.27. The molecule has 0 spiro atoms. The van der Waals surface area contributed by atoms with Gasteiger partial charge in [0.25, 0.3) is 0 Å². The number of nitrogens with zero attached hydrogens (tertiary/aromatic N) is 3. The second-order valence-corrected chi connectivity index (χ2v) is 6.06. The first-order valence-electron chi connectivity index (χ1n) is 7.21. The van der Waals surface area contributed by atoms with Gasteiger partial charge in [0.2, 0.25) is 0 Å². The number of fused-ring (bicyclic) bond motifs is 1. The minimum atomic E-state index is 0.588. The van der Waals surface area contributed by atoms with Gasteiger partial charge in [-0.3, -0.25) is 0 Å². The Hall–Kier alpha value is -0.770. The number of rotatable bonds is 5. The lowest BCUT2D eigenvalue weighted by Crippen LogP contribution is -2.24. The third-order valence-electron chi connectivity index (χ3n) is 3.97. The number of alkyl halides is 1. The summed E-state index contributed by atoms with van der Waals surface area (Å²) in [6.45, 7) is 4.48. The van der Waals surface area contributed by atoms with Gasteiger partial charge in [-0.05, 0) is 38.1 Å². The third kappa shape index (κ3) is 2.80. The van der Waals surface area contributed by atoms with Crippen molar-refractivity contribution in [3.05, 3.63) is 29.0 Å². The van der Waals surface area contributed by atoms with Crippen LogP contribution in [-0.4, -0.2) is 40.0 Å². The van der Waals surface area contributed by atoms with E-state index in [0.29, 0.717) is 5.88 Å². The van der Waals surface area contributed by atoms with Gasteiger partial charge < -0.3 is 9.47 Å². The molecule has 20 heavy (non-hydrogen) atoms. The van der Waals surface area contributed by atoms with E-state index in [1.807, 2.05) is 12.1 Å². The summed E-state index contributed by atoms with van der Waals surface area (Å²) in [7, 11) is 0. The molecule has 0 aliphatic carbocycles. The summed E-state index contributed by atoms with van der Waals surface area (Å²) in [5, 5.41) is 0.721. The highest BCUT2D eigenvalue weighted by Crippen LogP contribution is 2.24. The summed E-state index contributed by atoms with van der Waals surface area (Å²) >= 11 is 12.2. The van der Waals surface area contributed by atoms with Crippen molar-refractivity contribution in [1.82, 2.24) is 14.5 Å². The summed E-state index contributed by atoms with van der Waals surface area (Å²) in [6.07, 6.45) is 3.43. The van der Waals surface area contributed by atoms with Crippen molar-refractivity contribution in [2.24, 2.45) is 0 Å². The predicted octanol–water partition coefficient (Wildman–Crippen LogP) is 3.57. The Balaban J connectivity index is 1.89. The lowest BCUT2D eigenvalue weighted by molar-refractivity contribution is 0.322. The van der Waals surface area contributed by atoms with Gasteiger partial charge in [0.05, 0.1) is 10.5 Å². The lowest BCUT2D eigenvalue weighted by atomic mass is 10.3. The molecule has 2 aromatic rings. The number of hydrogen-bond acceptors (Lipinski definition) is 2. The van der Waals surface area contributed by atoms with Crippen LogP contribution < -0.4 is 0 Å². The molecule has 5 heteroatoms. The molecule has 0 unspecified atom stereocenters. The summed E-state index contributed by atoms with van der Waals surface area (Å²) in [5.41, 5.74) is 2.02. The van der Waals surface area contributed by atoms with Crippen LogP contribution in [-0.2, 0) is 13.0 Å². The second kappa shape index (κ2) is 6.33. The molecule has 1 aliphatic rings. The Morgan fingerprint density at radius 3 is 2.70 bits per heavy atom. The van der Waals surface area contributed by atoms with E-state index in [0.717, 1.165) is 41.4 Å². The van der Waals surface area contributed by atoms with Gasteiger partial charge in [0.15, 0.2) is 0 Å². The van der Waals surface area contributed by atoms with Crippen molar-refractivity contribution in [3.63, 3.8) is 0 Å². The SMILES string of the molecule is ClCCc1nc2c(Cl)cccc2n1CCN1CCCC1. The molecule has 0 bridgehead atoms. The molecule has 108 valence electrons. The average Bonchev–Trinajstić information content (AvgIpc) is 3.05. The normalized spacial score (nSPS) is 16.3. The molecule has 2 heterocycles. The van der Waals surface area contributed by atoms with Crippen molar-refractivity contribution >= 4 is 34.2 Å². The van der Waals surface area contributed by atoms with E-state index in [4.69, 9.17) is 23.2 Å². The minimum absolute atomic E-state index is 0.588. The number of halogens is 2. The first-order chi connectivity index (χ1) is 9.79. The maximum absolute atomic E-state index is 6.25. The summed E-state index contributed by atoms with van der Waals surface area (Å²) in [6, 6.07) is 5.98. The lowest BCUT2D eigenvalue weighted by Gasteiger charge is -2.16. The van der Waals surface area contributed by atoms with Gasteiger partial charge in [0.1, 0.15) is 11.3 Å². The number of benzene rings is 1. The zero-order chi connectivity index (χ0) is 13.9. The summed E-state index contributed by atoms with van der Waals surface area (Å²) in [5.74, 6) is 1.63. The summed E-state index contributed by atoms with van der Waals surface area (Å²) < 4.78 is 2.28. The Morgan fingerprint density at radius 2 is 1.95 bits per heavy atom. The van der Waals surface area contributed by atoms with Crippen LogP contribution in [0, 0.1) is 0 Å². The first-order valence-corrected chi connectivity index (χ1v) is 8.13. The molecule has 3 rings (SSSR count). The summed E-state index contributed by atoms with van der Waals surface area (Å²) in [4.78, 5) is 7.19. The average molecular weight is 312 g/mol. The van der Waals surface area contributed by atoms with Crippen LogP contribution in [0.15, 0.2) is 18.2 Å². The standard InChI is InChI=1S/C15H19Cl2N3/c16-7-6-14-18-15-12(17)4-3-5-13(15)20(14)11-10-19-8-1-2-9-19/h3-5H,1-2,6-11H2. The highest BCUT2D eigenvalue weighted by molar-refractivity contribution is 6.34. The van der Waals surface area contributed by atoms with Crippen molar-refractivity contribution < 1.29 is 0 Å². The van der Waals surface area contributed by atoms with Crippen LogP contribution in [0.5, 0.6) is 0 Å². The monoisotopic (exact) mass is 311 g/mol. The molecule has 0 N–H and O–H groups in total. The van der Waals surface area contributed by atoms with Crippen LogP contribution in [0.3, 0.4) is 0 Å². The largest absolute Gasteiger partial charge is 0.327 e. The van der Waals surface area contributed by atoms with Crippen LogP contribution in [0.25, 0.3) is 11.0 Å². The van der Waals surface area contributed by atoms with E-state index in [1.54, 1.807) is 0 Å². The zero-order valence-corrected chi connectivity index (χ0v) is 13.0. The number of likely N-dealkylation sites (tertiary alicyclic amines) is 1. The molecule has 1 fully saturated rings. The van der Waals surface area contributed by atoms with Crippen LogP contribution in [0.2, 0.25) is 5.02 Å². The highest BCUT2D eigenvalue weighted by Gasteiger charge is 2.15. The molecule has 3 nitrogen and oxygen atoms in total. The number of imidazole rings is 1. The fraction of sp³-hybridized carbons (Fsp3) is 0.533. The molecule has 1 saturated heterocycles. The smallest absolute Gasteiger partial charge is 0.111 e. The van der Waals surface area contributed by atoms with E-state index < -0.39 is 0 Å².